The number of aromatic nitrogens is 1. The molecule has 2 saturated heterocycles. The molecule has 0 saturated carbocycles. The van der Waals surface area contributed by atoms with E-state index in [-0.39, 0.29) is 5.91 Å². The van der Waals surface area contributed by atoms with E-state index in [1.807, 2.05) is 47.8 Å². The molecule has 1 aromatic heterocycles. The minimum absolute atomic E-state index is 0.112. The number of carbonyl (C=O) groups is 1. The van der Waals surface area contributed by atoms with Gasteiger partial charge in [0.15, 0.2) is 0 Å². The molecule has 2 aromatic rings. The number of rotatable bonds is 4. The van der Waals surface area contributed by atoms with Crippen molar-refractivity contribution >= 4 is 16.8 Å². The van der Waals surface area contributed by atoms with Crippen molar-refractivity contribution in [2.45, 2.75) is 38.1 Å². The van der Waals surface area contributed by atoms with Crippen molar-refractivity contribution in [3.8, 4) is 5.75 Å². The van der Waals surface area contributed by atoms with E-state index in [9.17, 15) is 4.79 Å². The fourth-order valence-corrected chi connectivity index (χ4v) is 5.08. The molecule has 0 aliphatic carbocycles. The number of piperidine rings is 2. The van der Waals surface area contributed by atoms with E-state index in [2.05, 4.69) is 4.90 Å². The summed E-state index contributed by atoms with van der Waals surface area (Å²) < 4.78 is 7.32. The van der Waals surface area contributed by atoms with Gasteiger partial charge in [0, 0.05) is 37.6 Å². The van der Waals surface area contributed by atoms with Crippen molar-refractivity contribution in [3.63, 3.8) is 0 Å². The fourth-order valence-electron chi connectivity index (χ4n) is 5.08. The molecule has 1 amide bonds. The van der Waals surface area contributed by atoms with Crippen molar-refractivity contribution in [1.82, 2.24) is 14.4 Å². The van der Waals surface area contributed by atoms with Crippen molar-refractivity contribution in [2.75, 3.05) is 33.8 Å². The summed E-state index contributed by atoms with van der Waals surface area (Å²) in [6.45, 7) is 3.33. The van der Waals surface area contributed by atoms with Gasteiger partial charge in [0.2, 0.25) is 0 Å². The summed E-state index contributed by atoms with van der Waals surface area (Å²) in [5.41, 5.74) is 1.81. The zero-order chi connectivity index (χ0) is 19.0. The SMILES string of the molecule is COc1ccc2c(c1)cc(C(=O)N(C)C[C@@H]1CCCN3CCCC[C@H]13)n2C. The first kappa shape index (κ1) is 18.4. The van der Waals surface area contributed by atoms with Crippen molar-refractivity contribution < 1.29 is 9.53 Å². The highest BCUT2D eigenvalue weighted by molar-refractivity contribution is 5.98. The van der Waals surface area contributed by atoms with Crippen LogP contribution < -0.4 is 4.74 Å². The number of nitrogens with zero attached hydrogens (tertiary/aromatic N) is 3. The van der Waals surface area contributed by atoms with Crippen LogP contribution in [0.15, 0.2) is 24.3 Å². The second-order valence-electron chi connectivity index (χ2n) is 8.20. The van der Waals surface area contributed by atoms with E-state index < -0.39 is 0 Å². The second kappa shape index (κ2) is 7.55. The Morgan fingerprint density at radius 3 is 2.81 bits per heavy atom. The van der Waals surface area contributed by atoms with Gasteiger partial charge in [0.1, 0.15) is 11.4 Å². The lowest BCUT2D eigenvalue weighted by molar-refractivity contribution is 0.0400. The summed E-state index contributed by atoms with van der Waals surface area (Å²) in [4.78, 5) is 17.8. The van der Waals surface area contributed by atoms with Crippen LogP contribution in [0.4, 0.5) is 0 Å². The first-order chi connectivity index (χ1) is 13.1. The standard InChI is InChI=1S/C22H31N3O2/c1-23(15-16-7-6-12-25-11-5-4-8-20(16)25)22(26)21-14-17-13-18(27-3)9-10-19(17)24(21)2/h9-10,13-14,16,20H,4-8,11-12,15H2,1-3H3/t16-,20+/m0/s1. The molecule has 0 spiro atoms. The molecule has 146 valence electrons. The van der Waals surface area contributed by atoms with Crippen molar-refractivity contribution in [3.05, 3.63) is 30.0 Å². The van der Waals surface area contributed by atoms with Crippen LogP contribution in [0.3, 0.4) is 0 Å². The van der Waals surface area contributed by atoms with Gasteiger partial charge in [-0.25, -0.2) is 0 Å². The van der Waals surface area contributed by atoms with Crippen LogP contribution in [0.1, 0.15) is 42.6 Å². The van der Waals surface area contributed by atoms with Crippen LogP contribution in [0, 0.1) is 5.92 Å². The van der Waals surface area contributed by atoms with Gasteiger partial charge in [-0.3, -0.25) is 4.79 Å². The van der Waals surface area contributed by atoms with Crippen LogP contribution in [0.2, 0.25) is 0 Å². The summed E-state index contributed by atoms with van der Waals surface area (Å²) in [7, 11) is 5.60. The number of fused-ring (bicyclic) bond motifs is 2. The van der Waals surface area contributed by atoms with Gasteiger partial charge in [-0.15, -0.1) is 0 Å². The number of hydrogen-bond donors (Lipinski definition) is 0. The van der Waals surface area contributed by atoms with E-state index in [0.29, 0.717) is 12.0 Å². The number of methoxy groups -OCH3 is 1. The molecule has 3 heterocycles. The number of carbonyl (C=O) groups excluding carboxylic acids is 1. The maximum Gasteiger partial charge on any atom is 0.270 e. The van der Waals surface area contributed by atoms with Gasteiger partial charge in [-0.1, -0.05) is 6.42 Å². The third-order valence-corrected chi connectivity index (χ3v) is 6.55. The highest BCUT2D eigenvalue weighted by Gasteiger charge is 2.34. The van der Waals surface area contributed by atoms with Gasteiger partial charge >= 0.3 is 0 Å². The number of aryl methyl sites for hydroxylation is 1. The normalized spacial score (nSPS) is 23.2. The Bertz CT molecular complexity index is 826. The Balaban J connectivity index is 1.52. The van der Waals surface area contributed by atoms with Crippen LogP contribution in [-0.4, -0.2) is 60.1 Å². The molecule has 1 aromatic carbocycles. The Labute approximate surface area is 161 Å². The first-order valence-electron chi connectivity index (χ1n) is 10.2. The zero-order valence-corrected chi connectivity index (χ0v) is 16.8. The average Bonchev–Trinajstić information content (AvgIpc) is 3.03. The minimum Gasteiger partial charge on any atom is -0.497 e. The first-order valence-corrected chi connectivity index (χ1v) is 10.2. The van der Waals surface area contributed by atoms with Gasteiger partial charge in [0.25, 0.3) is 5.91 Å². The molecule has 2 fully saturated rings. The number of ether oxygens (including phenoxy) is 1. The molecule has 5 heteroatoms. The summed E-state index contributed by atoms with van der Waals surface area (Å²) in [6, 6.07) is 8.61. The predicted molar refractivity (Wildman–Crippen MR) is 108 cm³/mol. The molecule has 0 N–H and O–H groups in total. The third kappa shape index (κ3) is 3.45. The third-order valence-electron chi connectivity index (χ3n) is 6.55. The molecule has 2 atom stereocenters. The molecule has 2 aliphatic rings. The highest BCUT2D eigenvalue weighted by Crippen LogP contribution is 2.32. The maximum absolute atomic E-state index is 13.2. The van der Waals surface area contributed by atoms with Crippen LogP contribution in [-0.2, 0) is 7.05 Å². The number of hydrogen-bond acceptors (Lipinski definition) is 3. The summed E-state index contributed by atoms with van der Waals surface area (Å²) >= 11 is 0. The van der Waals surface area contributed by atoms with Crippen LogP contribution in [0.25, 0.3) is 10.9 Å². The molecular weight excluding hydrogens is 338 g/mol. The zero-order valence-electron chi connectivity index (χ0n) is 16.8. The Morgan fingerprint density at radius 2 is 2.00 bits per heavy atom. The van der Waals surface area contributed by atoms with Gasteiger partial charge in [0.05, 0.1) is 7.11 Å². The van der Waals surface area contributed by atoms with E-state index in [1.54, 1.807) is 7.11 Å². The van der Waals surface area contributed by atoms with E-state index in [4.69, 9.17) is 4.74 Å². The largest absolute Gasteiger partial charge is 0.497 e. The Hall–Kier alpha value is -2.01. The fraction of sp³-hybridized carbons (Fsp3) is 0.591. The van der Waals surface area contributed by atoms with Crippen LogP contribution >= 0.6 is 0 Å². The van der Waals surface area contributed by atoms with Crippen molar-refractivity contribution in [1.29, 1.82) is 0 Å². The number of amides is 1. The molecular formula is C22H31N3O2. The minimum atomic E-state index is 0.112. The lowest BCUT2D eigenvalue weighted by atomic mass is 9.83. The van der Waals surface area contributed by atoms with Gasteiger partial charge < -0.3 is 19.1 Å². The van der Waals surface area contributed by atoms with E-state index in [1.165, 1.54) is 45.2 Å². The van der Waals surface area contributed by atoms with Crippen LogP contribution in [0.5, 0.6) is 5.75 Å². The topological polar surface area (TPSA) is 37.7 Å². The monoisotopic (exact) mass is 369 g/mol. The smallest absolute Gasteiger partial charge is 0.270 e. The number of benzene rings is 1. The molecule has 0 bridgehead atoms. The average molecular weight is 370 g/mol. The molecule has 4 rings (SSSR count). The summed E-state index contributed by atoms with van der Waals surface area (Å²) in [5, 5.41) is 1.05. The predicted octanol–water partition coefficient (Wildman–Crippen LogP) is 3.52. The molecule has 2 aliphatic heterocycles. The molecule has 0 radical (unpaired) electrons. The van der Waals surface area contributed by atoms with Crippen molar-refractivity contribution in [2.24, 2.45) is 13.0 Å². The Morgan fingerprint density at radius 1 is 1.19 bits per heavy atom. The summed E-state index contributed by atoms with van der Waals surface area (Å²) in [5.74, 6) is 1.53. The van der Waals surface area contributed by atoms with Gasteiger partial charge in [-0.05, 0) is 69.0 Å². The van der Waals surface area contributed by atoms with E-state index >= 15 is 0 Å². The summed E-state index contributed by atoms with van der Waals surface area (Å²) in [6.07, 6.45) is 6.46. The lowest BCUT2D eigenvalue weighted by Crippen LogP contribution is -2.51. The second-order valence-corrected chi connectivity index (χ2v) is 8.20. The Kier molecular flexibility index (Phi) is 5.13. The maximum atomic E-state index is 13.2. The molecule has 27 heavy (non-hydrogen) atoms. The van der Waals surface area contributed by atoms with Gasteiger partial charge in [-0.2, -0.15) is 0 Å². The molecule has 0 unspecified atom stereocenters. The quantitative estimate of drug-likeness (QED) is 0.827. The van der Waals surface area contributed by atoms with E-state index in [0.717, 1.165) is 28.9 Å². The highest BCUT2D eigenvalue weighted by atomic mass is 16.5. The lowest BCUT2D eigenvalue weighted by Gasteiger charge is -2.45. The molecule has 5 nitrogen and oxygen atoms in total.